The molecule has 1 atom stereocenters. The average molecular weight is 333 g/mol. The molecule has 1 N–H and O–H groups in total. The maximum Gasteiger partial charge on any atom is 0.147 e. The first-order chi connectivity index (χ1) is 11.7. The van der Waals surface area contributed by atoms with Gasteiger partial charge in [0.05, 0.1) is 6.20 Å². The minimum atomic E-state index is 0.250. The van der Waals surface area contributed by atoms with Crippen LogP contribution in [0.5, 0.6) is 0 Å². The van der Waals surface area contributed by atoms with Crippen molar-refractivity contribution in [2.24, 2.45) is 0 Å². The zero-order valence-electron chi connectivity index (χ0n) is 15.0. The van der Waals surface area contributed by atoms with Gasteiger partial charge in [0.15, 0.2) is 0 Å². The van der Waals surface area contributed by atoms with Crippen molar-refractivity contribution in [1.82, 2.24) is 19.8 Å². The van der Waals surface area contributed by atoms with Crippen molar-refractivity contribution in [2.75, 3.05) is 44.2 Å². The number of aliphatic hydroxyl groups excluding tert-OH is 1. The molecule has 0 amide bonds. The molecule has 0 aliphatic carbocycles. The van der Waals surface area contributed by atoms with Gasteiger partial charge >= 0.3 is 0 Å². The van der Waals surface area contributed by atoms with Crippen LogP contribution >= 0.6 is 0 Å². The summed E-state index contributed by atoms with van der Waals surface area (Å²) in [5.41, 5.74) is 0. The first kappa shape index (κ1) is 17.6. The summed E-state index contributed by atoms with van der Waals surface area (Å²) in [6.07, 6.45) is 8.63. The molecule has 0 radical (unpaired) electrons. The summed E-state index contributed by atoms with van der Waals surface area (Å²) < 4.78 is 0. The lowest BCUT2D eigenvalue weighted by Crippen LogP contribution is -2.59. The minimum Gasteiger partial charge on any atom is -0.396 e. The van der Waals surface area contributed by atoms with Crippen LogP contribution in [0.3, 0.4) is 0 Å². The van der Waals surface area contributed by atoms with Gasteiger partial charge in [-0.1, -0.05) is 0 Å². The topological polar surface area (TPSA) is 55.7 Å². The van der Waals surface area contributed by atoms with E-state index < -0.39 is 0 Å². The molecule has 0 bridgehead atoms. The summed E-state index contributed by atoms with van der Waals surface area (Å²) in [5.74, 6) is 0.953. The zero-order valence-corrected chi connectivity index (χ0v) is 15.0. The fourth-order valence-electron chi connectivity index (χ4n) is 4.15. The Labute approximate surface area is 145 Å². The van der Waals surface area contributed by atoms with E-state index in [0.717, 1.165) is 31.9 Å². The molecule has 2 aliphatic rings. The average Bonchev–Trinajstić information content (AvgIpc) is 2.63. The highest BCUT2D eigenvalue weighted by Crippen LogP contribution is 2.25. The summed E-state index contributed by atoms with van der Waals surface area (Å²) in [7, 11) is 0. The molecule has 2 saturated heterocycles. The van der Waals surface area contributed by atoms with Crippen LogP contribution in [-0.4, -0.2) is 82.3 Å². The van der Waals surface area contributed by atoms with E-state index in [1.54, 1.807) is 12.4 Å². The van der Waals surface area contributed by atoms with Crippen molar-refractivity contribution in [3.63, 3.8) is 0 Å². The fraction of sp³-hybridized carbons (Fsp3) is 0.778. The van der Waals surface area contributed by atoms with Gasteiger partial charge in [0.25, 0.3) is 0 Å². The van der Waals surface area contributed by atoms with E-state index in [4.69, 9.17) is 0 Å². The molecule has 3 heterocycles. The number of nitrogens with zero attached hydrogens (tertiary/aromatic N) is 5. The van der Waals surface area contributed by atoms with Crippen molar-refractivity contribution in [2.45, 2.75) is 51.2 Å². The lowest BCUT2D eigenvalue weighted by atomic mass is 9.97. The number of aliphatic hydroxyl groups is 1. The Balaban J connectivity index is 1.62. The van der Waals surface area contributed by atoms with E-state index in [1.807, 2.05) is 6.20 Å². The first-order valence-corrected chi connectivity index (χ1v) is 9.30. The van der Waals surface area contributed by atoms with Crippen molar-refractivity contribution < 1.29 is 5.11 Å². The van der Waals surface area contributed by atoms with Gasteiger partial charge in [0, 0.05) is 56.8 Å². The number of likely N-dealkylation sites (tertiary alicyclic amines) is 1. The van der Waals surface area contributed by atoms with E-state index >= 15 is 0 Å². The quantitative estimate of drug-likeness (QED) is 0.874. The third kappa shape index (κ3) is 4.05. The molecule has 0 spiro atoms. The van der Waals surface area contributed by atoms with Crippen molar-refractivity contribution in [3.8, 4) is 0 Å². The molecule has 3 rings (SSSR count). The number of aromatic nitrogens is 2. The first-order valence-electron chi connectivity index (χ1n) is 9.30. The number of rotatable bonds is 5. The second-order valence-electron chi connectivity index (χ2n) is 7.27. The van der Waals surface area contributed by atoms with E-state index in [0.29, 0.717) is 18.1 Å². The number of piperazine rings is 1. The number of hydrogen-bond donors (Lipinski definition) is 1. The Morgan fingerprint density at radius 1 is 1.17 bits per heavy atom. The largest absolute Gasteiger partial charge is 0.396 e. The standard InChI is InChI=1S/C18H31N5O/c1-15(2)21-8-3-16(4-9-21)23-11-10-22(14-17(23)5-12-24)18-13-19-6-7-20-18/h6-7,13,15-17,24H,3-5,8-12,14H2,1-2H3/t17-/m0/s1. The molecular formula is C18H31N5O. The zero-order chi connectivity index (χ0) is 16.9. The molecule has 134 valence electrons. The van der Waals surface area contributed by atoms with Crippen molar-refractivity contribution >= 4 is 5.82 Å². The molecule has 1 aromatic rings. The monoisotopic (exact) mass is 333 g/mol. The second kappa shape index (κ2) is 8.23. The summed E-state index contributed by atoms with van der Waals surface area (Å²) in [6, 6.07) is 1.70. The van der Waals surface area contributed by atoms with Crippen molar-refractivity contribution in [3.05, 3.63) is 18.6 Å². The van der Waals surface area contributed by atoms with Crippen LogP contribution in [0, 0.1) is 0 Å². The Kier molecular flexibility index (Phi) is 6.03. The summed E-state index contributed by atoms with van der Waals surface area (Å²) in [6.45, 7) is 10.2. The Hall–Kier alpha value is -1.24. The highest BCUT2D eigenvalue weighted by Gasteiger charge is 2.34. The summed E-state index contributed by atoms with van der Waals surface area (Å²) in [5, 5.41) is 9.52. The Bertz CT molecular complexity index is 489. The summed E-state index contributed by atoms with van der Waals surface area (Å²) in [4.78, 5) is 16.2. The van der Waals surface area contributed by atoms with Gasteiger partial charge < -0.3 is 14.9 Å². The minimum absolute atomic E-state index is 0.250. The van der Waals surface area contributed by atoms with Gasteiger partial charge in [-0.3, -0.25) is 9.88 Å². The molecule has 0 aromatic carbocycles. The molecule has 0 unspecified atom stereocenters. The number of hydrogen-bond acceptors (Lipinski definition) is 6. The van der Waals surface area contributed by atoms with Crippen molar-refractivity contribution in [1.29, 1.82) is 0 Å². The lowest BCUT2D eigenvalue weighted by molar-refractivity contribution is 0.0462. The summed E-state index contributed by atoms with van der Waals surface area (Å²) >= 11 is 0. The van der Waals surface area contributed by atoms with E-state index in [1.165, 1.54) is 25.9 Å². The van der Waals surface area contributed by atoms with Crippen LogP contribution in [-0.2, 0) is 0 Å². The SMILES string of the molecule is CC(C)N1CCC(N2CCN(c3cnccn3)C[C@@H]2CCO)CC1. The Morgan fingerprint density at radius 3 is 2.58 bits per heavy atom. The Morgan fingerprint density at radius 2 is 1.96 bits per heavy atom. The number of piperidine rings is 1. The predicted octanol–water partition coefficient (Wildman–Crippen LogP) is 1.22. The highest BCUT2D eigenvalue weighted by atomic mass is 16.3. The molecular weight excluding hydrogens is 302 g/mol. The maximum atomic E-state index is 9.52. The van der Waals surface area contributed by atoms with Crippen LogP contribution in [0.2, 0.25) is 0 Å². The van der Waals surface area contributed by atoms with E-state index in [2.05, 4.69) is 38.5 Å². The van der Waals surface area contributed by atoms with Gasteiger partial charge in [-0.25, -0.2) is 4.98 Å². The molecule has 2 aliphatic heterocycles. The van der Waals surface area contributed by atoms with Crippen LogP contribution < -0.4 is 4.90 Å². The molecule has 6 heteroatoms. The maximum absolute atomic E-state index is 9.52. The molecule has 0 saturated carbocycles. The third-order valence-electron chi connectivity index (χ3n) is 5.56. The van der Waals surface area contributed by atoms with Crippen LogP contribution in [0.1, 0.15) is 33.1 Å². The van der Waals surface area contributed by atoms with Crippen LogP contribution in [0.25, 0.3) is 0 Å². The third-order valence-corrected chi connectivity index (χ3v) is 5.56. The van der Waals surface area contributed by atoms with Gasteiger partial charge in [-0.2, -0.15) is 0 Å². The van der Waals surface area contributed by atoms with Crippen LogP contribution in [0.15, 0.2) is 18.6 Å². The lowest BCUT2D eigenvalue weighted by Gasteiger charge is -2.48. The van der Waals surface area contributed by atoms with Gasteiger partial charge in [0.1, 0.15) is 5.82 Å². The predicted molar refractivity (Wildman–Crippen MR) is 96.2 cm³/mol. The normalized spacial score (nSPS) is 24.7. The van der Waals surface area contributed by atoms with Gasteiger partial charge in [-0.05, 0) is 46.2 Å². The van der Waals surface area contributed by atoms with E-state index in [-0.39, 0.29) is 6.61 Å². The second-order valence-corrected chi connectivity index (χ2v) is 7.27. The fourth-order valence-corrected chi connectivity index (χ4v) is 4.15. The molecule has 6 nitrogen and oxygen atoms in total. The van der Waals surface area contributed by atoms with E-state index in [9.17, 15) is 5.11 Å². The number of anilines is 1. The smallest absolute Gasteiger partial charge is 0.147 e. The highest BCUT2D eigenvalue weighted by molar-refractivity contribution is 5.36. The molecule has 2 fully saturated rings. The van der Waals surface area contributed by atoms with Gasteiger partial charge in [0.2, 0.25) is 0 Å². The van der Waals surface area contributed by atoms with Gasteiger partial charge in [-0.15, -0.1) is 0 Å². The molecule has 24 heavy (non-hydrogen) atoms. The molecule has 1 aromatic heterocycles. The van der Waals surface area contributed by atoms with Crippen LogP contribution in [0.4, 0.5) is 5.82 Å².